The van der Waals surface area contributed by atoms with Crippen LogP contribution in [0.2, 0.25) is 0 Å². The van der Waals surface area contributed by atoms with Crippen LogP contribution in [0.3, 0.4) is 0 Å². The van der Waals surface area contributed by atoms with E-state index in [1.807, 2.05) is 6.92 Å². The predicted molar refractivity (Wildman–Crippen MR) is 65.7 cm³/mol. The molecule has 0 saturated carbocycles. The van der Waals surface area contributed by atoms with Crippen molar-refractivity contribution in [1.82, 2.24) is 0 Å². The molecule has 0 radical (unpaired) electrons. The zero-order valence-electron chi connectivity index (χ0n) is 10.5. The molecule has 0 atom stereocenters. The van der Waals surface area contributed by atoms with Gasteiger partial charge in [0.1, 0.15) is 0 Å². The number of aliphatic carboxylic acids is 1. The number of ether oxygens (including phenoxy) is 1. The van der Waals surface area contributed by atoms with Crippen molar-refractivity contribution < 1.29 is 19.4 Å². The van der Waals surface area contributed by atoms with Gasteiger partial charge in [-0.1, -0.05) is 19.9 Å². The minimum absolute atomic E-state index is 0.0255. The molecular weight excluding hydrogens is 220 g/mol. The van der Waals surface area contributed by atoms with Crippen molar-refractivity contribution in [3.63, 3.8) is 0 Å². The molecule has 0 aromatic heterocycles. The number of carboxylic acid groups (broad SMARTS) is 1. The van der Waals surface area contributed by atoms with Gasteiger partial charge in [0, 0.05) is 12.0 Å². The maximum Gasteiger partial charge on any atom is 0.330 e. The Balaban J connectivity index is 0.000000302. The topological polar surface area (TPSA) is 63.6 Å². The second kappa shape index (κ2) is 9.87. The van der Waals surface area contributed by atoms with E-state index in [9.17, 15) is 9.59 Å². The van der Waals surface area contributed by atoms with Crippen LogP contribution in [0.15, 0.2) is 12.2 Å². The number of hydrogen-bond acceptors (Lipinski definition) is 3. The largest absolute Gasteiger partial charge is 0.478 e. The van der Waals surface area contributed by atoms with Gasteiger partial charge in [0.05, 0.1) is 6.61 Å². The summed E-state index contributed by atoms with van der Waals surface area (Å²) >= 11 is 0. The van der Waals surface area contributed by atoms with Crippen molar-refractivity contribution in [1.29, 1.82) is 0 Å². The quantitative estimate of drug-likeness (QED) is 0.608. The second-order valence-corrected chi connectivity index (χ2v) is 4.04. The summed E-state index contributed by atoms with van der Waals surface area (Å²) in [6.45, 7) is 6.05. The maximum atomic E-state index is 10.5. The number of carbonyl (C=O) groups is 2. The van der Waals surface area contributed by atoms with Gasteiger partial charge in [-0.25, -0.2) is 4.79 Å². The zero-order chi connectivity index (χ0) is 13.1. The molecule has 1 N–H and O–H groups in total. The number of cyclic esters (lactones) is 1. The fourth-order valence-corrected chi connectivity index (χ4v) is 1.30. The van der Waals surface area contributed by atoms with E-state index in [0.717, 1.165) is 32.1 Å². The van der Waals surface area contributed by atoms with Crippen molar-refractivity contribution in [3.05, 3.63) is 12.2 Å². The SMILES string of the molecule is C=C(CCCC)C(=O)O.O=C1CCCCCO1. The van der Waals surface area contributed by atoms with Gasteiger partial charge in [-0.05, 0) is 32.1 Å². The average molecular weight is 242 g/mol. The van der Waals surface area contributed by atoms with E-state index in [1.165, 1.54) is 0 Å². The van der Waals surface area contributed by atoms with Crippen LogP contribution in [-0.4, -0.2) is 23.7 Å². The molecule has 0 aromatic carbocycles. The Morgan fingerprint density at radius 1 is 1.41 bits per heavy atom. The van der Waals surface area contributed by atoms with Crippen LogP contribution in [0, 0.1) is 0 Å². The Hall–Kier alpha value is -1.32. The van der Waals surface area contributed by atoms with E-state index >= 15 is 0 Å². The highest BCUT2D eigenvalue weighted by Crippen LogP contribution is 2.06. The summed E-state index contributed by atoms with van der Waals surface area (Å²) in [5.74, 6) is -0.897. The molecule has 0 amide bonds. The third-order valence-corrected chi connectivity index (χ3v) is 2.42. The molecule has 1 saturated heterocycles. The Kier molecular flexibility index (Phi) is 9.11. The van der Waals surface area contributed by atoms with Gasteiger partial charge in [-0.2, -0.15) is 0 Å². The average Bonchev–Trinajstić information content (AvgIpc) is 2.54. The molecule has 17 heavy (non-hydrogen) atoms. The van der Waals surface area contributed by atoms with Crippen LogP contribution < -0.4 is 0 Å². The molecule has 4 nitrogen and oxygen atoms in total. The first-order valence-corrected chi connectivity index (χ1v) is 6.14. The van der Waals surface area contributed by atoms with Gasteiger partial charge in [0.15, 0.2) is 0 Å². The van der Waals surface area contributed by atoms with E-state index in [4.69, 9.17) is 9.84 Å². The number of hydrogen-bond donors (Lipinski definition) is 1. The third-order valence-electron chi connectivity index (χ3n) is 2.42. The molecule has 0 aliphatic carbocycles. The summed E-state index contributed by atoms with van der Waals surface area (Å²) in [4.78, 5) is 20.6. The molecule has 0 spiro atoms. The number of carbonyl (C=O) groups excluding carboxylic acids is 1. The maximum absolute atomic E-state index is 10.5. The van der Waals surface area contributed by atoms with Crippen LogP contribution >= 0.6 is 0 Å². The first kappa shape index (κ1) is 15.7. The van der Waals surface area contributed by atoms with E-state index in [1.54, 1.807) is 0 Å². The van der Waals surface area contributed by atoms with Crippen molar-refractivity contribution in [3.8, 4) is 0 Å². The Bertz CT molecular complexity index is 248. The fourth-order valence-electron chi connectivity index (χ4n) is 1.30. The standard InChI is InChI=1S/C7H12O2.C6H10O2/c1-3-4-5-6(2)7(8)9;7-6-4-2-1-3-5-8-6/h2-5H2,1H3,(H,8,9);1-5H2. The van der Waals surface area contributed by atoms with Gasteiger partial charge in [0.2, 0.25) is 0 Å². The van der Waals surface area contributed by atoms with E-state index in [-0.39, 0.29) is 5.97 Å². The van der Waals surface area contributed by atoms with Crippen molar-refractivity contribution >= 4 is 11.9 Å². The summed E-state index contributed by atoms with van der Waals surface area (Å²) in [6.07, 6.45) is 6.39. The normalized spacial score (nSPS) is 15.0. The summed E-state index contributed by atoms with van der Waals surface area (Å²) in [5, 5.41) is 8.31. The molecule has 0 unspecified atom stereocenters. The van der Waals surface area contributed by atoms with Crippen LogP contribution in [0.1, 0.15) is 51.9 Å². The van der Waals surface area contributed by atoms with Gasteiger partial charge in [-0.3, -0.25) is 4.79 Å². The minimum atomic E-state index is -0.872. The van der Waals surface area contributed by atoms with Gasteiger partial charge in [0.25, 0.3) is 0 Å². The molecule has 1 aliphatic rings. The highest BCUT2D eigenvalue weighted by molar-refractivity contribution is 5.85. The Morgan fingerprint density at radius 3 is 2.71 bits per heavy atom. The number of esters is 1. The van der Waals surface area contributed by atoms with Gasteiger partial charge >= 0.3 is 11.9 Å². The molecule has 0 bridgehead atoms. The summed E-state index contributed by atoms with van der Waals surface area (Å²) in [6, 6.07) is 0. The predicted octanol–water partition coefficient (Wildman–Crippen LogP) is 2.92. The summed E-state index contributed by atoms with van der Waals surface area (Å²) in [7, 11) is 0. The highest BCUT2D eigenvalue weighted by atomic mass is 16.5. The number of carboxylic acids is 1. The Labute approximate surface area is 103 Å². The van der Waals surface area contributed by atoms with Gasteiger partial charge < -0.3 is 9.84 Å². The van der Waals surface area contributed by atoms with Gasteiger partial charge in [-0.15, -0.1) is 0 Å². The van der Waals surface area contributed by atoms with Crippen molar-refractivity contribution in [2.24, 2.45) is 0 Å². The monoisotopic (exact) mass is 242 g/mol. The van der Waals surface area contributed by atoms with Crippen LogP contribution in [0.5, 0.6) is 0 Å². The van der Waals surface area contributed by atoms with E-state index in [2.05, 4.69) is 6.58 Å². The fraction of sp³-hybridized carbons (Fsp3) is 0.692. The second-order valence-electron chi connectivity index (χ2n) is 4.04. The Morgan fingerprint density at radius 2 is 2.12 bits per heavy atom. The smallest absolute Gasteiger partial charge is 0.330 e. The lowest BCUT2D eigenvalue weighted by Crippen LogP contribution is -2.00. The molecule has 1 rings (SSSR count). The highest BCUT2D eigenvalue weighted by Gasteiger charge is 2.05. The zero-order valence-corrected chi connectivity index (χ0v) is 10.5. The summed E-state index contributed by atoms with van der Waals surface area (Å²) in [5.41, 5.74) is 0.317. The molecular formula is C13H22O4. The van der Waals surface area contributed by atoms with Crippen molar-refractivity contribution in [2.75, 3.05) is 6.61 Å². The van der Waals surface area contributed by atoms with Crippen LogP contribution in [0.25, 0.3) is 0 Å². The first-order chi connectivity index (χ1) is 8.07. The molecule has 1 fully saturated rings. The lowest BCUT2D eigenvalue weighted by Gasteiger charge is -1.95. The molecule has 98 valence electrons. The molecule has 1 heterocycles. The van der Waals surface area contributed by atoms with E-state index in [0.29, 0.717) is 25.0 Å². The lowest BCUT2D eigenvalue weighted by molar-refractivity contribution is -0.142. The minimum Gasteiger partial charge on any atom is -0.478 e. The first-order valence-electron chi connectivity index (χ1n) is 6.14. The molecule has 0 aromatic rings. The van der Waals surface area contributed by atoms with Crippen molar-refractivity contribution in [2.45, 2.75) is 51.9 Å². The molecule has 1 aliphatic heterocycles. The number of unbranched alkanes of at least 4 members (excludes halogenated alkanes) is 1. The molecule has 4 heteroatoms. The lowest BCUT2D eigenvalue weighted by atomic mass is 10.1. The van der Waals surface area contributed by atoms with Crippen LogP contribution in [0.4, 0.5) is 0 Å². The summed E-state index contributed by atoms with van der Waals surface area (Å²) < 4.78 is 4.76. The van der Waals surface area contributed by atoms with E-state index < -0.39 is 5.97 Å². The third kappa shape index (κ3) is 9.60. The number of rotatable bonds is 4. The van der Waals surface area contributed by atoms with Crippen LogP contribution in [-0.2, 0) is 14.3 Å².